The average molecular weight is 443 g/mol. The van der Waals surface area contributed by atoms with E-state index in [0.29, 0.717) is 17.1 Å². The lowest BCUT2D eigenvalue weighted by molar-refractivity contribution is -0.122. The summed E-state index contributed by atoms with van der Waals surface area (Å²) in [4.78, 5) is 16.9. The second-order valence-electron chi connectivity index (χ2n) is 7.47. The first-order valence-electron chi connectivity index (χ1n) is 9.83. The molecule has 0 saturated carbocycles. The number of thiazole rings is 1. The summed E-state index contributed by atoms with van der Waals surface area (Å²) < 4.78 is 5.87. The maximum absolute atomic E-state index is 11.4. The molecule has 4 N–H and O–H groups in total. The van der Waals surface area contributed by atoms with Gasteiger partial charge in [0.05, 0.1) is 24.9 Å². The zero-order chi connectivity index (χ0) is 22.4. The molecule has 8 heteroatoms. The van der Waals surface area contributed by atoms with Crippen LogP contribution in [0.2, 0.25) is 0 Å². The smallest absolute Gasteiger partial charge is 0.217 e. The predicted molar refractivity (Wildman–Crippen MR) is 119 cm³/mol. The SMILES string of the molecule is CC(=O)NC(CO)(CO)CC(O)c1ccc(Oc2ccc(-c3ncc(C)s3)cc2)cc1. The lowest BCUT2D eigenvalue weighted by atomic mass is 9.90. The van der Waals surface area contributed by atoms with E-state index in [1.807, 2.05) is 37.4 Å². The molecule has 164 valence electrons. The van der Waals surface area contributed by atoms with Gasteiger partial charge < -0.3 is 25.4 Å². The summed E-state index contributed by atoms with van der Waals surface area (Å²) >= 11 is 1.63. The fourth-order valence-corrected chi connectivity index (χ4v) is 3.99. The number of carbonyl (C=O) groups excluding carboxylic acids is 1. The Kier molecular flexibility index (Phi) is 7.40. The molecule has 0 spiro atoms. The minimum atomic E-state index is -1.29. The van der Waals surface area contributed by atoms with E-state index in [1.54, 1.807) is 35.6 Å². The highest BCUT2D eigenvalue weighted by atomic mass is 32.1. The van der Waals surface area contributed by atoms with Gasteiger partial charge in [0, 0.05) is 30.0 Å². The number of benzene rings is 2. The summed E-state index contributed by atoms with van der Waals surface area (Å²) in [6.45, 7) is 2.34. The fraction of sp³-hybridized carbons (Fsp3) is 0.304. The first kappa shape index (κ1) is 22.9. The van der Waals surface area contributed by atoms with E-state index in [0.717, 1.165) is 15.4 Å². The summed E-state index contributed by atoms with van der Waals surface area (Å²) in [5.74, 6) is 0.886. The Morgan fingerprint density at radius 1 is 1.10 bits per heavy atom. The Morgan fingerprint density at radius 2 is 1.68 bits per heavy atom. The highest BCUT2D eigenvalue weighted by molar-refractivity contribution is 7.14. The van der Waals surface area contributed by atoms with Crippen LogP contribution in [0.3, 0.4) is 0 Å². The third kappa shape index (κ3) is 5.89. The molecule has 0 aliphatic rings. The largest absolute Gasteiger partial charge is 0.457 e. The van der Waals surface area contributed by atoms with Crippen LogP contribution < -0.4 is 10.1 Å². The number of aliphatic hydroxyl groups excluding tert-OH is 3. The van der Waals surface area contributed by atoms with Crippen molar-refractivity contribution in [1.29, 1.82) is 0 Å². The quantitative estimate of drug-likeness (QED) is 0.405. The zero-order valence-electron chi connectivity index (χ0n) is 17.4. The third-order valence-corrected chi connectivity index (χ3v) is 5.82. The second-order valence-corrected chi connectivity index (χ2v) is 8.70. The molecule has 1 aromatic heterocycles. The number of aromatic nitrogens is 1. The number of rotatable bonds is 9. The molecule has 1 heterocycles. The van der Waals surface area contributed by atoms with Crippen molar-refractivity contribution < 1.29 is 24.9 Å². The van der Waals surface area contributed by atoms with E-state index in [2.05, 4.69) is 10.3 Å². The molecule has 0 bridgehead atoms. The zero-order valence-corrected chi connectivity index (χ0v) is 18.2. The van der Waals surface area contributed by atoms with Crippen molar-refractivity contribution in [3.05, 3.63) is 65.2 Å². The van der Waals surface area contributed by atoms with Crippen molar-refractivity contribution in [1.82, 2.24) is 10.3 Å². The van der Waals surface area contributed by atoms with Crippen LogP contribution in [0.5, 0.6) is 11.5 Å². The lowest BCUT2D eigenvalue weighted by Crippen LogP contribution is -2.54. The lowest BCUT2D eigenvalue weighted by Gasteiger charge is -2.32. The van der Waals surface area contributed by atoms with Gasteiger partial charge in [-0.3, -0.25) is 4.79 Å². The van der Waals surface area contributed by atoms with Crippen molar-refractivity contribution in [3.63, 3.8) is 0 Å². The number of aryl methyl sites for hydroxylation is 1. The number of aliphatic hydroxyl groups is 3. The minimum Gasteiger partial charge on any atom is -0.457 e. The maximum atomic E-state index is 11.4. The van der Waals surface area contributed by atoms with Crippen molar-refractivity contribution in [3.8, 4) is 22.1 Å². The van der Waals surface area contributed by atoms with Crippen LogP contribution in [0.4, 0.5) is 0 Å². The Bertz CT molecular complexity index is 998. The summed E-state index contributed by atoms with van der Waals surface area (Å²) in [7, 11) is 0. The highest BCUT2D eigenvalue weighted by Crippen LogP contribution is 2.30. The molecule has 7 nitrogen and oxygen atoms in total. The normalized spacial score (nSPS) is 12.4. The average Bonchev–Trinajstić information content (AvgIpc) is 3.20. The minimum absolute atomic E-state index is 0.0303. The predicted octanol–water partition coefficient (Wildman–Crippen LogP) is 3.19. The highest BCUT2D eigenvalue weighted by Gasteiger charge is 2.33. The number of nitrogens with zero attached hydrogens (tertiary/aromatic N) is 1. The molecule has 0 radical (unpaired) electrons. The monoisotopic (exact) mass is 442 g/mol. The number of hydrogen-bond donors (Lipinski definition) is 4. The van der Waals surface area contributed by atoms with Crippen molar-refractivity contribution >= 4 is 17.2 Å². The Hall–Kier alpha value is -2.78. The van der Waals surface area contributed by atoms with Crippen molar-refractivity contribution in [2.75, 3.05) is 13.2 Å². The van der Waals surface area contributed by atoms with E-state index in [1.165, 1.54) is 6.92 Å². The van der Waals surface area contributed by atoms with Crippen LogP contribution >= 0.6 is 11.3 Å². The molecular weight excluding hydrogens is 416 g/mol. The van der Waals surface area contributed by atoms with Gasteiger partial charge in [0.1, 0.15) is 16.5 Å². The van der Waals surface area contributed by atoms with E-state index in [9.17, 15) is 20.1 Å². The van der Waals surface area contributed by atoms with Crippen LogP contribution in [0.1, 0.15) is 29.9 Å². The van der Waals surface area contributed by atoms with E-state index in [-0.39, 0.29) is 6.42 Å². The number of carbonyl (C=O) groups is 1. The molecule has 31 heavy (non-hydrogen) atoms. The molecule has 0 aliphatic carbocycles. The Morgan fingerprint density at radius 3 is 2.16 bits per heavy atom. The van der Waals surface area contributed by atoms with Gasteiger partial charge in [-0.15, -0.1) is 11.3 Å². The summed E-state index contributed by atoms with van der Waals surface area (Å²) in [5.41, 5.74) is 0.316. The van der Waals surface area contributed by atoms with Gasteiger partial charge >= 0.3 is 0 Å². The van der Waals surface area contributed by atoms with Crippen LogP contribution in [0, 0.1) is 6.92 Å². The molecule has 1 amide bonds. The molecule has 2 aromatic carbocycles. The molecular formula is C23H26N2O5S. The summed E-state index contributed by atoms with van der Waals surface area (Å²) in [6, 6.07) is 14.5. The number of ether oxygens (including phenoxy) is 1. The Balaban J connectivity index is 1.65. The van der Waals surface area contributed by atoms with Crippen LogP contribution in [0.15, 0.2) is 54.7 Å². The summed E-state index contributed by atoms with van der Waals surface area (Å²) in [6.07, 6.45) is 0.834. The molecule has 1 atom stereocenters. The molecule has 3 aromatic rings. The van der Waals surface area contributed by atoms with Crippen LogP contribution in [-0.4, -0.2) is 45.0 Å². The van der Waals surface area contributed by atoms with Gasteiger partial charge in [0.15, 0.2) is 0 Å². The third-order valence-electron chi connectivity index (χ3n) is 4.85. The van der Waals surface area contributed by atoms with Crippen molar-refractivity contribution in [2.24, 2.45) is 0 Å². The molecule has 3 rings (SSSR count). The Labute approximate surface area is 185 Å². The van der Waals surface area contributed by atoms with Gasteiger partial charge in [-0.2, -0.15) is 0 Å². The maximum Gasteiger partial charge on any atom is 0.217 e. The summed E-state index contributed by atoms with van der Waals surface area (Å²) in [5, 5.41) is 33.2. The van der Waals surface area contributed by atoms with Crippen molar-refractivity contribution in [2.45, 2.75) is 31.9 Å². The van der Waals surface area contributed by atoms with Gasteiger partial charge in [-0.1, -0.05) is 12.1 Å². The molecule has 0 fully saturated rings. The number of nitrogens with one attached hydrogen (secondary N) is 1. The topological polar surface area (TPSA) is 112 Å². The van der Waals surface area contributed by atoms with Gasteiger partial charge in [-0.25, -0.2) is 4.98 Å². The van der Waals surface area contributed by atoms with E-state index >= 15 is 0 Å². The van der Waals surface area contributed by atoms with Crippen LogP contribution in [-0.2, 0) is 4.79 Å². The number of amides is 1. The first-order valence-corrected chi connectivity index (χ1v) is 10.6. The fourth-order valence-electron chi connectivity index (χ4n) is 3.22. The van der Waals surface area contributed by atoms with Gasteiger partial charge in [0.25, 0.3) is 0 Å². The molecule has 0 saturated heterocycles. The molecule has 1 unspecified atom stereocenters. The van der Waals surface area contributed by atoms with Crippen LogP contribution in [0.25, 0.3) is 10.6 Å². The first-order chi connectivity index (χ1) is 14.8. The van der Waals surface area contributed by atoms with Gasteiger partial charge in [0.2, 0.25) is 5.91 Å². The van der Waals surface area contributed by atoms with Gasteiger partial charge in [-0.05, 0) is 48.9 Å². The standard InChI is InChI=1S/C23H26N2O5S/c1-15-12-24-22(31-15)18-5-9-20(10-6-18)30-19-7-3-17(4-8-19)21(29)11-23(13-26,14-27)25-16(2)28/h3-10,12,21,26-27,29H,11,13-14H2,1-2H3,(H,25,28). The van der Waals surface area contributed by atoms with E-state index in [4.69, 9.17) is 4.74 Å². The second kappa shape index (κ2) is 10.0. The van der Waals surface area contributed by atoms with E-state index < -0.39 is 30.8 Å². The number of hydrogen-bond acceptors (Lipinski definition) is 7. The molecule has 0 aliphatic heterocycles.